The van der Waals surface area contributed by atoms with E-state index in [9.17, 15) is 13.9 Å². The van der Waals surface area contributed by atoms with Crippen molar-refractivity contribution in [3.05, 3.63) is 52.6 Å². The standard InChI is InChI=1S/C15H14F2O/c1-8-4-6-11(10(3)13(8)16)12-7-5-9(2)14(17)15(12)18/h4-7,18H,1-3H3. The van der Waals surface area contributed by atoms with Crippen molar-refractivity contribution in [2.24, 2.45) is 0 Å². The Bertz CT molecular complexity index is 563. The number of rotatable bonds is 1. The molecule has 0 aliphatic heterocycles. The molecule has 0 aliphatic rings. The molecule has 0 heterocycles. The Morgan fingerprint density at radius 2 is 1.28 bits per heavy atom. The molecule has 0 amide bonds. The van der Waals surface area contributed by atoms with Crippen LogP contribution >= 0.6 is 0 Å². The lowest BCUT2D eigenvalue weighted by molar-refractivity contribution is 0.432. The molecule has 2 rings (SSSR count). The number of aryl methyl sites for hydroxylation is 2. The van der Waals surface area contributed by atoms with Crippen LogP contribution in [0, 0.1) is 32.4 Å². The molecule has 0 aliphatic carbocycles. The van der Waals surface area contributed by atoms with E-state index in [1.54, 1.807) is 45.0 Å². The van der Waals surface area contributed by atoms with Crippen LogP contribution in [-0.4, -0.2) is 5.11 Å². The fourth-order valence-electron chi connectivity index (χ4n) is 2.00. The molecule has 0 bridgehead atoms. The summed E-state index contributed by atoms with van der Waals surface area (Å²) in [5.41, 5.74) is 2.13. The van der Waals surface area contributed by atoms with Crippen LogP contribution in [0.2, 0.25) is 0 Å². The Morgan fingerprint density at radius 3 is 1.89 bits per heavy atom. The Hall–Kier alpha value is -1.90. The molecule has 0 aromatic heterocycles. The maximum atomic E-state index is 13.8. The van der Waals surface area contributed by atoms with Crippen LogP contribution in [0.1, 0.15) is 16.7 Å². The first-order chi connectivity index (χ1) is 8.43. The van der Waals surface area contributed by atoms with Gasteiger partial charge in [-0.3, -0.25) is 0 Å². The number of benzene rings is 2. The zero-order valence-corrected chi connectivity index (χ0v) is 10.5. The Morgan fingerprint density at radius 1 is 0.778 bits per heavy atom. The third-order valence-corrected chi connectivity index (χ3v) is 3.18. The van der Waals surface area contributed by atoms with Crippen LogP contribution in [0.15, 0.2) is 24.3 Å². The summed E-state index contributed by atoms with van der Waals surface area (Å²) >= 11 is 0. The van der Waals surface area contributed by atoms with Gasteiger partial charge in [-0.1, -0.05) is 24.3 Å². The van der Waals surface area contributed by atoms with E-state index in [1.807, 2.05) is 0 Å². The maximum Gasteiger partial charge on any atom is 0.168 e. The molecule has 0 fully saturated rings. The first kappa shape index (κ1) is 12.6. The summed E-state index contributed by atoms with van der Waals surface area (Å²) in [4.78, 5) is 0. The lowest BCUT2D eigenvalue weighted by Gasteiger charge is -2.12. The van der Waals surface area contributed by atoms with Crippen LogP contribution < -0.4 is 0 Å². The number of phenols is 1. The number of hydrogen-bond donors (Lipinski definition) is 1. The molecule has 0 saturated heterocycles. The van der Waals surface area contributed by atoms with E-state index in [0.29, 0.717) is 27.8 Å². The minimum absolute atomic E-state index is 0.314. The molecule has 2 aromatic rings. The third kappa shape index (κ3) is 1.86. The smallest absolute Gasteiger partial charge is 0.168 e. The Labute approximate surface area is 105 Å². The second-order valence-corrected chi connectivity index (χ2v) is 4.46. The lowest BCUT2D eigenvalue weighted by atomic mass is 9.96. The largest absolute Gasteiger partial charge is 0.504 e. The van der Waals surface area contributed by atoms with Gasteiger partial charge in [0.25, 0.3) is 0 Å². The van der Waals surface area contributed by atoms with Crippen molar-refractivity contribution >= 4 is 0 Å². The summed E-state index contributed by atoms with van der Waals surface area (Å²) < 4.78 is 27.5. The summed E-state index contributed by atoms with van der Waals surface area (Å²) in [7, 11) is 0. The monoisotopic (exact) mass is 248 g/mol. The minimum Gasteiger partial charge on any atom is -0.504 e. The van der Waals surface area contributed by atoms with Crippen molar-refractivity contribution in [2.45, 2.75) is 20.8 Å². The zero-order chi connectivity index (χ0) is 13.4. The molecule has 18 heavy (non-hydrogen) atoms. The van der Waals surface area contributed by atoms with Crippen molar-refractivity contribution in [1.29, 1.82) is 0 Å². The normalized spacial score (nSPS) is 10.7. The molecule has 1 nitrogen and oxygen atoms in total. The summed E-state index contributed by atoms with van der Waals surface area (Å²) in [6.07, 6.45) is 0. The van der Waals surface area contributed by atoms with Gasteiger partial charge >= 0.3 is 0 Å². The first-order valence-corrected chi connectivity index (χ1v) is 5.67. The molecule has 94 valence electrons. The van der Waals surface area contributed by atoms with E-state index in [0.717, 1.165) is 0 Å². The average molecular weight is 248 g/mol. The quantitative estimate of drug-likeness (QED) is 0.799. The number of halogens is 2. The summed E-state index contributed by atoms with van der Waals surface area (Å²) in [5, 5.41) is 9.82. The summed E-state index contributed by atoms with van der Waals surface area (Å²) in [6.45, 7) is 4.86. The van der Waals surface area contributed by atoms with Crippen LogP contribution in [0.3, 0.4) is 0 Å². The molecule has 0 radical (unpaired) electrons. The second-order valence-electron chi connectivity index (χ2n) is 4.46. The second kappa shape index (κ2) is 4.41. The number of aromatic hydroxyl groups is 1. The molecule has 0 unspecified atom stereocenters. The highest BCUT2D eigenvalue weighted by Crippen LogP contribution is 2.35. The highest BCUT2D eigenvalue weighted by atomic mass is 19.1. The lowest BCUT2D eigenvalue weighted by Crippen LogP contribution is -1.94. The van der Waals surface area contributed by atoms with E-state index in [2.05, 4.69) is 0 Å². The third-order valence-electron chi connectivity index (χ3n) is 3.18. The topological polar surface area (TPSA) is 20.2 Å². The van der Waals surface area contributed by atoms with E-state index in [4.69, 9.17) is 0 Å². The SMILES string of the molecule is Cc1ccc(-c2ccc(C)c(F)c2O)c(C)c1F. The molecular weight excluding hydrogens is 234 g/mol. The van der Waals surface area contributed by atoms with Gasteiger partial charge < -0.3 is 5.11 Å². The maximum absolute atomic E-state index is 13.8. The van der Waals surface area contributed by atoms with Crippen LogP contribution in [-0.2, 0) is 0 Å². The molecular formula is C15H14F2O. The average Bonchev–Trinajstić information content (AvgIpc) is 2.35. The van der Waals surface area contributed by atoms with Crippen molar-refractivity contribution in [2.75, 3.05) is 0 Å². The van der Waals surface area contributed by atoms with Crippen molar-refractivity contribution in [3.63, 3.8) is 0 Å². The fourth-order valence-corrected chi connectivity index (χ4v) is 2.00. The van der Waals surface area contributed by atoms with Crippen LogP contribution in [0.5, 0.6) is 5.75 Å². The van der Waals surface area contributed by atoms with E-state index >= 15 is 0 Å². The Kier molecular flexibility index (Phi) is 3.07. The van der Waals surface area contributed by atoms with Gasteiger partial charge in [-0.2, -0.15) is 0 Å². The summed E-state index contributed by atoms with van der Waals surface area (Å²) in [6, 6.07) is 6.49. The first-order valence-electron chi connectivity index (χ1n) is 5.67. The van der Waals surface area contributed by atoms with Gasteiger partial charge in [0.1, 0.15) is 5.82 Å². The van der Waals surface area contributed by atoms with Crippen molar-refractivity contribution in [3.8, 4) is 16.9 Å². The molecule has 1 N–H and O–H groups in total. The van der Waals surface area contributed by atoms with E-state index < -0.39 is 11.6 Å². The van der Waals surface area contributed by atoms with E-state index in [-0.39, 0.29) is 5.82 Å². The van der Waals surface area contributed by atoms with Crippen molar-refractivity contribution in [1.82, 2.24) is 0 Å². The van der Waals surface area contributed by atoms with Gasteiger partial charge in [-0.15, -0.1) is 0 Å². The highest BCUT2D eigenvalue weighted by Gasteiger charge is 2.15. The number of hydrogen-bond acceptors (Lipinski definition) is 1. The van der Waals surface area contributed by atoms with Gasteiger partial charge in [0.2, 0.25) is 0 Å². The van der Waals surface area contributed by atoms with Crippen molar-refractivity contribution < 1.29 is 13.9 Å². The predicted octanol–water partition coefficient (Wildman–Crippen LogP) is 4.26. The Balaban J connectivity index is 2.71. The van der Waals surface area contributed by atoms with Gasteiger partial charge in [-0.05, 0) is 43.0 Å². The number of phenolic OH excluding ortho intramolecular Hbond substituents is 1. The van der Waals surface area contributed by atoms with Gasteiger partial charge in [0.05, 0.1) is 0 Å². The summed E-state index contributed by atoms with van der Waals surface area (Å²) in [5.74, 6) is -1.41. The van der Waals surface area contributed by atoms with Gasteiger partial charge in [0.15, 0.2) is 11.6 Å². The molecule has 2 aromatic carbocycles. The predicted molar refractivity (Wildman–Crippen MR) is 67.7 cm³/mol. The van der Waals surface area contributed by atoms with E-state index in [1.165, 1.54) is 0 Å². The minimum atomic E-state index is -0.659. The molecule has 0 atom stereocenters. The van der Waals surface area contributed by atoms with Gasteiger partial charge in [-0.25, -0.2) is 8.78 Å². The molecule has 0 spiro atoms. The molecule has 0 saturated carbocycles. The van der Waals surface area contributed by atoms with Gasteiger partial charge in [0, 0.05) is 5.56 Å². The highest BCUT2D eigenvalue weighted by molar-refractivity contribution is 5.74. The zero-order valence-electron chi connectivity index (χ0n) is 10.5. The fraction of sp³-hybridized carbons (Fsp3) is 0.200. The molecule has 3 heteroatoms. The van der Waals surface area contributed by atoms with Crippen LogP contribution in [0.4, 0.5) is 8.78 Å². The van der Waals surface area contributed by atoms with Crippen LogP contribution in [0.25, 0.3) is 11.1 Å².